The first-order chi connectivity index (χ1) is 12.2. The highest BCUT2D eigenvalue weighted by Gasteiger charge is 2.54. The molecule has 0 unspecified atom stereocenters. The largest absolute Gasteiger partial charge is 0.455 e. The van der Waals surface area contributed by atoms with Gasteiger partial charge in [0.05, 0.1) is 6.04 Å². The number of fused-ring (bicyclic) bond motifs is 1. The van der Waals surface area contributed by atoms with Crippen LogP contribution in [0.3, 0.4) is 0 Å². The molecule has 0 aromatic heterocycles. The van der Waals surface area contributed by atoms with Gasteiger partial charge >= 0.3 is 12.1 Å². The Morgan fingerprint density at radius 1 is 1.04 bits per heavy atom. The average molecular weight is 380 g/mol. The van der Waals surface area contributed by atoms with E-state index in [1.54, 1.807) is 41.5 Å². The number of ether oxygens (including phenoxy) is 2. The molecule has 2 rings (SSSR count). The Balaban J connectivity index is 2.23. The number of nitrogens with one attached hydrogen (secondary N) is 1. The number of hydrogen-bond donors (Lipinski definition) is 1. The second-order valence-corrected chi connectivity index (χ2v) is 8.82. The van der Waals surface area contributed by atoms with E-state index in [1.165, 1.54) is 11.8 Å². The summed E-state index contributed by atoms with van der Waals surface area (Å²) < 4.78 is 10.6. The van der Waals surface area contributed by atoms with Crippen LogP contribution in [-0.2, 0) is 23.9 Å². The molecule has 1 N–H and O–H groups in total. The van der Waals surface area contributed by atoms with Gasteiger partial charge in [-0.15, -0.1) is 0 Å². The van der Waals surface area contributed by atoms with E-state index in [-0.39, 0.29) is 17.1 Å². The second-order valence-electron chi connectivity index (χ2n) is 8.82. The SMILES string of the molecule is CC(=O)C1=C(C(=O)OC(C)(C)C)N2C(=O)[C@@H](NC(=O)OC(C)(C)C)[C@H]2CC1. The van der Waals surface area contributed by atoms with Crippen LogP contribution < -0.4 is 5.32 Å². The lowest BCUT2D eigenvalue weighted by Crippen LogP contribution is -2.72. The summed E-state index contributed by atoms with van der Waals surface area (Å²) in [5.74, 6) is -1.43. The molecule has 0 spiro atoms. The number of nitrogens with zero attached hydrogens (tertiary/aromatic N) is 1. The van der Waals surface area contributed by atoms with Crippen molar-refractivity contribution in [2.24, 2.45) is 0 Å². The van der Waals surface area contributed by atoms with Crippen molar-refractivity contribution in [1.82, 2.24) is 10.2 Å². The molecular formula is C19H28N2O6. The van der Waals surface area contributed by atoms with Crippen molar-refractivity contribution in [3.8, 4) is 0 Å². The van der Waals surface area contributed by atoms with Gasteiger partial charge in [0.2, 0.25) is 0 Å². The lowest BCUT2D eigenvalue weighted by molar-refractivity contribution is -0.162. The van der Waals surface area contributed by atoms with Gasteiger partial charge in [-0.05, 0) is 61.3 Å². The minimum absolute atomic E-state index is 0.0130. The summed E-state index contributed by atoms with van der Waals surface area (Å²) in [7, 11) is 0. The van der Waals surface area contributed by atoms with E-state index in [1.807, 2.05) is 0 Å². The number of carbonyl (C=O) groups is 4. The van der Waals surface area contributed by atoms with Gasteiger partial charge < -0.3 is 14.8 Å². The molecule has 2 heterocycles. The molecule has 0 radical (unpaired) electrons. The van der Waals surface area contributed by atoms with Crippen molar-refractivity contribution in [2.75, 3.05) is 0 Å². The molecule has 2 amide bonds. The Hall–Kier alpha value is -2.38. The third kappa shape index (κ3) is 4.67. The van der Waals surface area contributed by atoms with Crippen molar-refractivity contribution < 1.29 is 28.7 Å². The number of allylic oxidation sites excluding steroid dienone is 1. The van der Waals surface area contributed by atoms with Gasteiger partial charge in [0.15, 0.2) is 5.78 Å². The predicted molar refractivity (Wildman–Crippen MR) is 96.6 cm³/mol. The topological polar surface area (TPSA) is 102 Å². The fourth-order valence-electron chi connectivity index (χ4n) is 3.16. The number of Topliss-reactive ketones (excluding diaryl/α,β-unsaturated/α-hetero) is 1. The van der Waals surface area contributed by atoms with E-state index >= 15 is 0 Å². The summed E-state index contributed by atoms with van der Waals surface area (Å²) in [5.41, 5.74) is -1.18. The van der Waals surface area contributed by atoms with Crippen molar-refractivity contribution >= 4 is 23.8 Å². The van der Waals surface area contributed by atoms with Crippen LogP contribution in [0.4, 0.5) is 4.79 Å². The van der Waals surface area contributed by atoms with E-state index in [4.69, 9.17) is 9.47 Å². The maximum atomic E-state index is 12.6. The first-order valence-corrected chi connectivity index (χ1v) is 9.01. The molecule has 150 valence electrons. The maximum absolute atomic E-state index is 12.6. The van der Waals surface area contributed by atoms with Crippen LogP contribution in [0, 0.1) is 0 Å². The van der Waals surface area contributed by atoms with Gasteiger partial charge in [0.25, 0.3) is 5.91 Å². The lowest BCUT2D eigenvalue weighted by atomic mass is 9.82. The zero-order valence-corrected chi connectivity index (χ0v) is 17.0. The summed E-state index contributed by atoms with van der Waals surface area (Å²) in [6.45, 7) is 11.7. The van der Waals surface area contributed by atoms with Gasteiger partial charge in [-0.1, -0.05) is 0 Å². The highest BCUT2D eigenvalue weighted by Crippen LogP contribution is 2.38. The Labute approximate surface area is 159 Å². The predicted octanol–water partition coefficient (Wildman–Crippen LogP) is 2.07. The molecule has 1 saturated heterocycles. The van der Waals surface area contributed by atoms with Crippen molar-refractivity contribution in [1.29, 1.82) is 0 Å². The fourth-order valence-corrected chi connectivity index (χ4v) is 3.16. The quantitative estimate of drug-likeness (QED) is 0.594. The van der Waals surface area contributed by atoms with Gasteiger partial charge in [-0.2, -0.15) is 0 Å². The second kappa shape index (κ2) is 6.98. The Bertz CT molecular complexity index is 711. The monoisotopic (exact) mass is 380 g/mol. The van der Waals surface area contributed by atoms with Gasteiger partial charge in [-0.3, -0.25) is 14.5 Å². The van der Waals surface area contributed by atoms with Crippen LogP contribution >= 0.6 is 0 Å². The molecule has 0 aromatic rings. The van der Waals surface area contributed by atoms with Crippen molar-refractivity contribution in [2.45, 2.75) is 84.6 Å². The molecule has 2 atom stereocenters. The molecule has 0 bridgehead atoms. The first-order valence-electron chi connectivity index (χ1n) is 9.01. The van der Waals surface area contributed by atoms with Crippen LogP contribution in [0.25, 0.3) is 0 Å². The highest BCUT2D eigenvalue weighted by atomic mass is 16.6. The Morgan fingerprint density at radius 2 is 1.59 bits per heavy atom. The number of carbonyl (C=O) groups excluding carboxylic acids is 4. The molecule has 0 saturated carbocycles. The van der Waals surface area contributed by atoms with Crippen LogP contribution in [0.15, 0.2) is 11.3 Å². The van der Waals surface area contributed by atoms with E-state index < -0.39 is 41.3 Å². The van der Waals surface area contributed by atoms with E-state index in [2.05, 4.69) is 5.32 Å². The normalized spacial score (nSPS) is 22.6. The summed E-state index contributed by atoms with van der Waals surface area (Å²) in [6.07, 6.45) is 0.110. The number of hydrogen-bond acceptors (Lipinski definition) is 6. The molecule has 8 nitrogen and oxygen atoms in total. The van der Waals surface area contributed by atoms with Crippen LogP contribution in [0.1, 0.15) is 61.3 Å². The highest BCUT2D eigenvalue weighted by molar-refractivity contribution is 6.08. The number of rotatable bonds is 3. The molecule has 8 heteroatoms. The van der Waals surface area contributed by atoms with E-state index in [0.717, 1.165) is 0 Å². The van der Waals surface area contributed by atoms with E-state index in [0.29, 0.717) is 12.8 Å². The molecule has 2 aliphatic rings. The Kier molecular flexibility index (Phi) is 5.41. The van der Waals surface area contributed by atoms with Crippen LogP contribution in [0.5, 0.6) is 0 Å². The van der Waals surface area contributed by atoms with Crippen LogP contribution in [-0.4, -0.2) is 51.9 Å². The molecule has 0 aliphatic carbocycles. The van der Waals surface area contributed by atoms with Gasteiger partial charge in [0.1, 0.15) is 22.9 Å². The van der Waals surface area contributed by atoms with Gasteiger partial charge in [-0.25, -0.2) is 9.59 Å². The number of β-lactam (4-membered cyclic amide) rings is 1. The summed E-state index contributed by atoms with van der Waals surface area (Å²) >= 11 is 0. The lowest BCUT2D eigenvalue weighted by Gasteiger charge is -2.50. The standard InChI is InChI=1S/C19H28N2O6/c1-10(22)11-8-9-12-13(20-17(25)27-19(5,6)7)15(23)21(12)14(11)16(24)26-18(2,3)4/h12-13H,8-9H2,1-7H3,(H,20,25)/t12-,13+/m1/s1. The van der Waals surface area contributed by atoms with Crippen molar-refractivity contribution in [3.63, 3.8) is 0 Å². The molecule has 2 aliphatic heterocycles. The van der Waals surface area contributed by atoms with Crippen molar-refractivity contribution in [3.05, 3.63) is 11.3 Å². The fraction of sp³-hybridized carbons (Fsp3) is 0.684. The number of alkyl carbamates (subject to hydrolysis) is 1. The third-order valence-electron chi connectivity index (χ3n) is 4.13. The zero-order valence-electron chi connectivity index (χ0n) is 17.0. The number of esters is 1. The summed E-state index contributed by atoms with van der Waals surface area (Å²) in [5, 5.41) is 2.56. The zero-order chi connectivity index (χ0) is 20.7. The first kappa shape index (κ1) is 20.9. The molecule has 1 fully saturated rings. The molecule has 27 heavy (non-hydrogen) atoms. The minimum atomic E-state index is -0.786. The average Bonchev–Trinajstić information content (AvgIpc) is 2.47. The van der Waals surface area contributed by atoms with Crippen LogP contribution in [0.2, 0.25) is 0 Å². The molecular weight excluding hydrogens is 352 g/mol. The smallest absolute Gasteiger partial charge is 0.408 e. The Morgan fingerprint density at radius 3 is 2.07 bits per heavy atom. The van der Waals surface area contributed by atoms with Gasteiger partial charge in [0, 0.05) is 5.57 Å². The summed E-state index contributed by atoms with van der Waals surface area (Å²) in [4.78, 5) is 50.5. The number of ketones is 1. The third-order valence-corrected chi connectivity index (χ3v) is 4.13. The van der Waals surface area contributed by atoms with E-state index in [9.17, 15) is 19.2 Å². The number of amides is 2. The summed E-state index contributed by atoms with van der Waals surface area (Å²) in [6, 6.07) is -1.19. The molecule has 0 aromatic carbocycles. The maximum Gasteiger partial charge on any atom is 0.408 e. The minimum Gasteiger partial charge on any atom is -0.455 e.